The highest BCUT2D eigenvalue weighted by atomic mass is 16.4. The number of aliphatic hydroxyl groups excluding tert-OH is 1. The van der Waals surface area contributed by atoms with E-state index in [9.17, 15) is 14.7 Å². The largest absolute Gasteiger partial charge is 0.480 e. The Morgan fingerprint density at radius 1 is 1.05 bits per heavy atom. The second-order valence-electron chi connectivity index (χ2n) is 6.21. The number of rotatable bonds is 7. The van der Waals surface area contributed by atoms with Crippen molar-refractivity contribution >= 4 is 12.0 Å². The van der Waals surface area contributed by atoms with Crippen molar-refractivity contribution in [3.63, 3.8) is 0 Å². The van der Waals surface area contributed by atoms with Gasteiger partial charge in [-0.2, -0.15) is 0 Å². The lowest BCUT2D eigenvalue weighted by Gasteiger charge is -2.37. The van der Waals surface area contributed by atoms with Crippen molar-refractivity contribution in [3.8, 4) is 0 Å². The number of amides is 2. The molecule has 0 radical (unpaired) electrons. The Labute approximate surface area is 125 Å². The summed E-state index contributed by atoms with van der Waals surface area (Å²) in [6.45, 7) is 0.501. The van der Waals surface area contributed by atoms with Crippen molar-refractivity contribution in [2.24, 2.45) is 5.92 Å². The SMILES string of the molecule is O=C(O)CN(CC1CC1)C(=O)N(CCO)C1CCCCC1. The first kappa shape index (κ1) is 16.1. The van der Waals surface area contributed by atoms with Crippen LogP contribution in [0.5, 0.6) is 0 Å². The van der Waals surface area contributed by atoms with Crippen molar-refractivity contribution in [2.75, 3.05) is 26.2 Å². The van der Waals surface area contributed by atoms with Crippen LogP contribution in [0.4, 0.5) is 4.79 Å². The molecule has 0 heterocycles. The fourth-order valence-corrected chi connectivity index (χ4v) is 3.10. The molecule has 6 heteroatoms. The molecule has 120 valence electrons. The summed E-state index contributed by atoms with van der Waals surface area (Å²) in [5.74, 6) is -0.521. The first-order valence-corrected chi connectivity index (χ1v) is 8.00. The van der Waals surface area contributed by atoms with Crippen LogP contribution < -0.4 is 0 Å². The Bertz CT molecular complexity index is 365. The number of hydrogen-bond donors (Lipinski definition) is 2. The van der Waals surface area contributed by atoms with Gasteiger partial charge in [-0.1, -0.05) is 19.3 Å². The molecule has 2 N–H and O–H groups in total. The molecule has 21 heavy (non-hydrogen) atoms. The number of carboxylic acid groups (broad SMARTS) is 1. The van der Waals surface area contributed by atoms with Crippen LogP contribution in [-0.2, 0) is 4.79 Å². The normalized spacial score (nSPS) is 19.3. The standard InChI is InChI=1S/C15H26N2O4/c18-9-8-17(13-4-2-1-3-5-13)15(21)16(11-14(19)20)10-12-6-7-12/h12-13,18H,1-11H2,(H,19,20). The number of carbonyl (C=O) groups is 2. The molecule has 0 aliphatic heterocycles. The molecule has 2 aliphatic carbocycles. The molecule has 6 nitrogen and oxygen atoms in total. The Balaban J connectivity index is 2.02. The summed E-state index contributed by atoms with van der Waals surface area (Å²) in [5, 5.41) is 18.3. The second kappa shape index (κ2) is 7.64. The molecular weight excluding hydrogens is 272 g/mol. The minimum Gasteiger partial charge on any atom is -0.480 e. The molecule has 2 saturated carbocycles. The third-order valence-corrected chi connectivity index (χ3v) is 4.37. The van der Waals surface area contributed by atoms with E-state index in [2.05, 4.69) is 0 Å². The van der Waals surface area contributed by atoms with Crippen molar-refractivity contribution in [3.05, 3.63) is 0 Å². The minimum atomic E-state index is -0.975. The van der Waals surface area contributed by atoms with E-state index in [0.717, 1.165) is 38.5 Å². The number of aliphatic hydroxyl groups is 1. The van der Waals surface area contributed by atoms with Crippen LogP contribution in [-0.4, -0.2) is 64.3 Å². The van der Waals surface area contributed by atoms with Crippen molar-refractivity contribution < 1.29 is 19.8 Å². The number of urea groups is 1. The van der Waals surface area contributed by atoms with Crippen LogP contribution in [0.3, 0.4) is 0 Å². The summed E-state index contributed by atoms with van der Waals surface area (Å²) in [6.07, 6.45) is 7.45. The maximum atomic E-state index is 12.7. The molecule has 0 bridgehead atoms. The predicted molar refractivity (Wildman–Crippen MR) is 78.0 cm³/mol. The van der Waals surface area contributed by atoms with Gasteiger partial charge < -0.3 is 20.0 Å². The lowest BCUT2D eigenvalue weighted by atomic mass is 9.94. The van der Waals surface area contributed by atoms with Gasteiger partial charge in [-0.15, -0.1) is 0 Å². The molecule has 2 amide bonds. The Kier molecular flexibility index (Phi) is 5.85. The van der Waals surface area contributed by atoms with Gasteiger partial charge in [0.05, 0.1) is 6.61 Å². The van der Waals surface area contributed by atoms with Gasteiger partial charge in [0.25, 0.3) is 0 Å². The zero-order valence-electron chi connectivity index (χ0n) is 12.5. The molecule has 2 rings (SSSR count). The zero-order valence-corrected chi connectivity index (χ0v) is 12.5. The molecule has 0 atom stereocenters. The van der Waals surface area contributed by atoms with E-state index in [1.165, 1.54) is 11.3 Å². The van der Waals surface area contributed by atoms with E-state index < -0.39 is 5.97 Å². The number of carboxylic acids is 1. The Morgan fingerprint density at radius 2 is 1.71 bits per heavy atom. The van der Waals surface area contributed by atoms with Gasteiger partial charge in [0.15, 0.2) is 0 Å². The van der Waals surface area contributed by atoms with Crippen LogP contribution >= 0.6 is 0 Å². The quantitative estimate of drug-likeness (QED) is 0.747. The highest BCUT2D eigenvalue weighted by Crippen LogP contribution is 2.30. The van der Waals surface area contributed by atoms with Crippen LogP contribution in [0.25, 0.3) is 0 Å². The molecular formula is C15H26N2O4. The van der Waals surface area contributed by atoms with Crippen LogP contribution in [0.2, 0.25) is 0 Å². The summed E-state index contributed by atoms with van der Waals surface area (Å²) in [7, 11) is 0. The molecule has 2 fully saturated rings. The van der Waals surface area contributed by atoms with Gasteiger partial charge in [-0.25, -0.2) is 4.79 Å². The average molecular weight is 298 g/mol. The molecule has 0 unspecified atom stereocenters. The molecule has 0 aromatic carbocycles. The van der Waals surface area contributed by atoms with Crippen LogP contribution in [0.1, 0.15) is 44.9 Å². The zero-order chi connectivity index (χ0) is 15.2. The van der Waals surface area contributed by atoms with Crippen LogP contribution in [0.15, 0.2) is 0 Å². The summed E-state index contributed by atoms with van der Waals surface area (Å²) >= 11 is 0. The Morgan fingerprint density at radius 3 is 2.24 bits per heavy atom. The Hall–Kier alpha value is -1.30. The fourth-order valence-electron chi connectivity index (χ4n) is 3.10. The van der Waals surface area contributed by atoms with E-state index >= 15 is 0 Å². The smallest absolute Gasteiger partial charge is 0.323 e. The van der Waals surface area contributed by atoms with Crippen LogP contribution in [0, 0.1) is 5.92 Å². The van der Waals surface area contributed by atoms with E-state index in [-0.39, 0.29) is 25.2 Å². The predicted octanol–water partition coefficient (Wildman–Crippen LogP) is 1.53. The van der Waals surface area contributed by atoms with Gasteiger partial charge in [-0.3, -0.25) is 4.79 Å². The number of nitrogens with zero attached hydrogens (tertiary/aromatic N) is 2. The molecule has 0 saturated heterocycles. The molecule has 0 aromatic rings. The summed E-state index contributed by atoms with van der Waals surface area (Å²) < 4.78 is 0. The third-order valence-electron chi connectivity index (χ3n) is 4.37. The van der Waals surface area contributed by atoms with Crippen molar-refractivity contribution in [2.45, 2.75) is 51.0 Å². The first-order chi connectivity index (χ1) is 10.1. The van der Waals surface area contributed by atoms with Gasteiger partial charge >= 0.3 is 12.0 Å². The highest BCUT2D eigenvalue weighted by Gasteiger charge is 2.33. The maximum absolute atomic E-state index is 12.7. The molecule has 0 spiro atoms. The molecule has 0 aromatic heterocycles. The summed E-state index contributed by atoms with van der Waals surface area (Å²) in [4.78, 5) is 26.9. The van der Waals surface area contributed by atoms with Crippen molar-refractivity contribution in [1.29, 1.82) is 0 Å². The summed E-state index contributed by atoms with van der Waals surface area (Å²) in [5.41, 5.74) is 0. The lowest BCUT2D eigenvalue weighted by molar-refractivity contribution is -0.137. The molecule has 2 aliphatic rings. The maximum Gasteiger partial charge on any atom is 0.323 e. The summed E-state index contributed by atoms with van der Waals surface area (Å²) in [6, 6.07) is -0.0702. The number of hydrogen-bond acceptors (Lipinski definition) is 3. The third kappa shape index (κ3) is 4.88. The first-order valence-electron chi connectivity index (χ1n) is 8.00. The minimum absolute atomic E-state index is 0.0768. The average Bonchev–Trinajstić information content (AvgIpc) is 3.28. The van der Waals surface area contributed by atoms with Crippen molar-refractivity contribution in [1.82, 2.24) is 9.80 Å². The van der Waals surface area contributed by atoms with E-state index in [1.807, 2.05) is 0 Å². The van der Waals surface area contributed by atoms with Gasteiger partial charge in [-0.05, 0) is 31.6 Å². The fraction of sp³-hybridized carbons (Fsp3) is 0.867. The van der Waals surface area contributed by atoms with Gasteiger partial charge in [0.2, 0.25) is 0 Å². The van der Waals surface area contributed by atoms with Gasteiger partial charge in [0.1, 0.15) is 6.54 Å². The van der Waals surface area contributed by atoms with E-state index in [0.29, 0.717) is 19.0 Å². The highest BCUT2D eigenvalue weighted by molar-refractivity contribution is 5.80. The monoisotopic (exact) mass is 298 g/mol. The van der Waals surface area contributed by atoms with Gasteiger partial charge in [0, 0.05) is 19.1 Å². The van der Waals surface area contributed by atoms with E-state index in [4.69, 9.17) is 5.11 Å². The number of carbonyl (C=O) groups excluding carboxylic acids is 1. The van der Waals surface area contributed by atoms with E-state index in [1.54, 1.807) is 4.90 Å². The second-order valence-corrected chi connectivity index (χ2v) is 6.21. The number of aliphatic carboxylic acids is 1. The topological polar surface area (TPSA) is 81.1 Å². The lowest BCUT2D eigenvalue weighted by Crippen LogP contribution is -2.51.